The molecule has 0 aliphatic carbocycles. The highest BCUT2D eigenvalue weighted by molar-refractivity contribution is 7.79. The van der Waals surface area contributed by atoms with Gasteiger partial charge in [-0.1, -0.05) is 35.3 Å². The van der Waals surface area contributed by atoms with Crippen LogP contribution < -0.4 is 0 Å². The van der Waals surface area contributed by atoms with Gasteiger partial charge in [0.25, 0.3) is 0 Å². The van der Waals surface area contributed by atoms with Gasteiger partial charge >= 0.3 is 0 Å². The van der Waals surface area contributed by atoms with Crippen molar-refractivity contribution >= 4 is 34.3 Å². The van der Waals surface area contributed by atoms with Crippen molar-refractivity contribution < 1.29 is 8.76 Å². The molecular weight excluding hydrogens is 343 g/mol. The Balaban J connectivity index is 2.07. The number of rotatable bonds is 3. The van der Waals surface area contributed by atoms with Crippen LogP contribution in [0.25, 0.3) is 16.9 Å². The second-order valence-corrected chi connectivity index (χ2v) is 6.31. The summed E-state index contributed by atoms with van der Waals surface area (Å²) < 4.78 is 21.8. The molecule has 0 amide bonds. The molecule has 0 spiro atoms. The van der Waals surface area contributed by atoms with E-state index in [9.17, 15) is 4.21 Å². The van der Waals surface area contributed by atoms with Gasteiger partial charge in [0.1, 0.15) is 0 Å². The Kier molecular flexibility index (Phi) is 4.31. The van der Waals surface area contributed by atoms with Crippen molar-refractivity contribution in [1.82, 2.24) is 9.78 Å². The van der Waals surface area contributed by atoms with Gasteiger partial charge in [0.15, 0.2) is 16.2 Å². The zero-order chi connectivity index (χ0) is 15.7. The predicted molar refractivity (Wildman–Crippen MR) is 88.1 cm³/mol. The maximum absolute atomic E-state index is 11.0. The van der Waals surface area contributed by atoms with E-state index in [2.05, 4.69) is 5.10 Å². The van der Waals surface area contributed by atoms with Crippen molar-refractivity contribution in [2.45, 2.75) is 4.90 Å². The Morgan fingerprint density at radius 1 is 1.00 bits per heavy atom. The van der Waals surface area contributed by atoms with Crippen molar-refractivity contribution in [3.8, 4) is 16.9 Å². The van der Waals surface area contributed by atoms with Gasteiger partial charge in [-0.15, -0.1) is 0 Å². The lowest BCUT2D eigenvalue weighted by Gasteiger charge is -2.08. The summed E-state index contributed by atoms with van der Waals surface area (Å²) in [4.78, 5) is 0.340. The van der Waals surface area contributed by atoms with Crippen molar-refractivity contribution in [1.29, 1.82) is 0 Å². The van der Waals surface area contributed by atoms with Crippen molar-refractivity contribution in [2.75, 3.05) is 0 Å². The summed E-state index contributed by atoms with van der Waals surface area (Å²) in [5.41, 5.74) is 2.44. The van der Waals surface area contributed by atoms with Gasteiger partial charge in [-0.3, -0.25) is 0 Å². The lowest BCUT2D eigenvalue weighted by molar-refractivity contribution is 0.564. The van der Waals surface area contributed by atoms with Gasteiger partial charge < -0.3 is 4.55 Å². The van der Waals surface area contributed by atoms with E-state index in [0.29, 0.717) is 15.1 Å². The molecule has 112 valence electrons. The van der Waals surface area contributed by atoms with Crippen LogP contribution in [0.1, 0.15) is 0 Å². The minimum absolute atomic E-state index is 0.340. The Bertz CT molecular complexity index is 830. The molecule has 1 N–H and O–H groups in total. The topological polar surface area (TPSA) is 55.1 Å². The highest BCUT2D eigenvalue weighted by Crippen LogP contribution is 2.27. The molecule has 4 nitrogen and oxygen atoms in total. The summed E-state index contributed by atoms with van der Waals surface area (Å²) in [6.45, 7) is 0. The van der Waals surface area contributed by atoms with Crippen LogP contribution in [0.4, 0.5) is 0 Å². The van der Waals surface area contributed by atoms with E-state index >= 15 is 0 Å². The van der Waals surface area contributed by atoms with Crippen LogP contribution in [-0.2, 0) is 11.1 Å². The third kappa shape index (κ3) is 3.08. The van der Waals surface area contributed by atoms with E-state index in [4.69, 9.17) is 27.8 Å². The molecule has 22 heavy (non-hydrogen) atoms. The SMILES string of the molecule is O=S(O)c1ccc(-c2cc(Cl)nn2-c2ccc(Cl)cc2)cc1. The molecule has 1 unspecified atom stereocenters. The van der Waals surface area contributed by atoms with E-state index in [1.54, 1.807) is 47.1 Å². The number of benzene rings is 2. The van der Waals surface area contributed by atoms with E-state index in [0.717, 1.165) is 16.9 Å². The number of halogens is 2. The summed E-state index contributed by atoms with van der Waals surface area (Å²) in [6.07, 6.45) is 0. The third-order valence-corrected chi connectivity index (χ3v) is 4.21. The first kappa shape index (κ1) is 15.2. The van der Waals surface area contributed by atoms with Crippen LogP contribution in [0.15, 0.2) is 59.5 Å². The second-order valence-electron chi connectivity index (χ2n) is 4.51. The molecule has 1 aromatic heterocycles. The number of hydrogen-bond donors (Lipinski definition) is 1. The number of hydrogen-bond acceptors (Lipinski definition) is 2. The average Bonchev–Trinajstić information content (AvgIpc) is 2.90. The molecule has 3 aromatic rings. The quantitative estimate of drug-likeness (QED) is 0.709. The van der Waals surface area contributed by atoms with Crippen LogP contribution in [0.5, 0.6) is 0 Å². The lowest BCUT2D eigenvalue weighted by atomic mass is 10.1. The van der Waals surface area contributed by atoms with Crippen LogP contribution in [-0.4, -0.2) is 18.5 Å². The number of aromatic nitrogens is 2. The Morgan fingerprint density at radius 2 is 1.64 bits per heavy atom. The summed E-state index contributed by atoms with van der Waals surface area (Å²) >= 11 is 9.94. The maximum atomic E-state index is 11.0. The van der Waals surface area contributed by atoms with Crippen LogP contribution in [0, 0.1) is 0 Å². The summed E-state index contributed by atoms with van der Waals surface area (Å²) in [5.74, 6) is 0. The molecule has 2 aromatic carbocycles. The van der Waals surface area contributed by atoms with Crippen LogP contribution in [0.2, 0.25) is 10.2 Å². The monoisotopic (exact) mass is 352 g/mol. The standard InChI is InChI=1S/C15H10Cl2N2O2S/c16-11-3-5-12(6-4-11)19-14(9-15(17)18-19)10-1-7-13(8-2-10)22(20)21/h1-9H,(H,20,21). The molecule has 1 atom stereocenters. The smallest absolute Gasteiger partial charge is 0.186 e. The molecule has 0 saturated carbocycles. The van der Waals surface area contributed by atoms with Gasteiger partial charge in [0, 0.05) is 16.7 Å². The largest absolute Gasteiger partial charge is 0.302 e. The molecule has 0 bridgehead atoms. The number of nitrogens with zero attached hydrogens (tertiary/aromatic N) is 2. The van der Waals surface area contributed by atoms with Crippen molar-refractivity contribution in [3.05, 3.63) is 64.8 Å². The summed E-state index contributed by atoms with van der Waals surface area (Å²) in [5, 5.41) is 5.27. The van der Waals surface area contributed by atoms with E-state index in [1.807, 2.05) is 12.1 Å². The molecule has 0 radical (unpaired) electrons. The summed E-state index contributed by atoms with van der Waals surface area (Å²) in [6, 6.07) is 15.7. The molecular formula is C15H10Cl2N2O2S. The van der Waals surface area contributed by atoms with Gasteiger partial charge in [-0.25, -0.2) is 8.89 Å². The van der Waals surface area contributed by atoms with Crippen molar-refractivity contribution in [2.24, 2.45) is 0 Å². The molecule has 0 aliphatic rings. The first-order chi connectivity index (χ1) is 10.5. The zero-order valence-electron chi connectivity index (χ0n) is 11.1. The van der Waals surface area contributed by atoms with E-state index < -0.39 is 11.1 Å². The zero-order valence-corrected chi connectivity index (χ0v) is 13.4. The highest BCUT2D eigenvalue weighted by atomic mass is 35.5. The molecule has 3 rings (SSSR count). The second kappa shape index (κ2) is 6.22. The average molecular weight is 353 g/mol. The first-order valence-electron chi connectivity index (χ1n) is 6.27. The normalized spacial score (nSPS) is 12.3. The molecule has 1 heterocycles. The fourth-order valence-corrected chi connectivity index (χ4v) is 2.75. The van der Waals surface area contributed by atoms with Gasteiger partial charge in [-0.05, 0) is 36.4 Å². The van der Waals surface area contributed by atoms with E-state index in [-0.39, 0.29) is 0 Å². The molecule has 7 heteroatoms. The van der Waals surface area contributed by atoms with E-state index in [1.165, 1.54) is 0 Å². The van der Waals surface area contributed by atoms with Gasteiger partial charge in [0.05, 0.1) is 16.3 Å². The Labute approximate surface area is 139 Å². The van der Waals surface area contributed by atoms with Gasteiger partial charge in [-0.2, -0.15) is 5.10 Å². The third-order valence-electron chi connectivity index (χ3n) is 3.10. The van der Waals surface area contributed by atoms with Crippen LogP contribution in [0.3, 0.4) is 0 Å². The summed E-state index contributed by atoms with van der Waals surface area (Å²) in [7, 11) is 0. The minimum atomic E-state index is -2.00. The maximum Gasteiger partial charge on any atom is 0.186 e. The first-order valence-corrected chi connectivity index (χ1v) is 8.13. The fourth-order valence-electron chi connectivity index (χ4n) is 2.08. The lowest BCUT2D eigenvalue weighted by Crippen LogP contribution is -1.99. The molecule has 0 fully saturated rings. The van der Waals surface area contributed by atoms with Crippen LogP contribution >= 0.6 is 23.2 Å². The highest BCUT2D eigenvalue weighted by Gasteiger charge is 2.11. The van der Waals surface area contributed by atoms with Gasteiger partial charge in [0.2, 0.25) is 0 Å². The minimum Gasteiger partial charge on any atom is -0.302 e. The Morgan fingerprint density at radius 3 is 2.23 bits per heavy atom. The Hall–Kier alpha value is -1.66. The predicted octanol–water partition coefficient (Wildman–Crippen LogP) is 4.43. The fraction of sp³-hybridized carbons (Fsp3) is 0. The molecule has 0 aliphatic heterocycles. The molecule has 0 saturated heterocycles. The van der Waals surface area contributed by atoms with Crippen molar-refractivity contribution in [3.63, 3.8) is 0 Å².